The Morgan fingerprint density at radius 3 is 2.54 bits per heavy atom. The molecule has 0 bridgehead atoms. The first-order valence-electron chi connectivity index (χ1n) is 5.53. The van der Waals surface area contributed by atoms with Crippen LogP contribution in [0.2, 0.25) is 0 Å². The first-order chi connectivity index (χ1) is 6.37. The molecule has 2 saturated carbocycles. The summed E-state index contributed by atoms with van der Waals surface area (Å²) in [5.41, 5.74) is -0.0127. The van der Waals surface area contributed by atoms with Crippen molar-refractivity contribution in [2.24, 2.45) is 11.8 Å². The van der Waals surface area contributed by atoms with Gasteiger partial charge in [-0.1, -0.05) is 0 Å². The molecule has 2 heteroatoms. The Kier molecular flexibility index (Phi) is 1.49. The Labute approximate surface area is 79.5 Å². The maximum Gasteiger partial charge on any atom is 0.112 e. The summed E-state index contributed by atoms with van der Waals surface area (Å²) in [4.78, 5) is 2.48. The summed E-state index contributed by atoms with van der Waals surface area (Å²) in [6.07, 6.45) is 6.42. The first-order valence-corrected chi connectivity index (χ1v) is 5.53. The van der Waals surface area contributed by atoms with Gasteiger partial charge in [-0.25, -0.2) is 0 Å². The minimum absolute atomic E-state index is 0.0127. The van der Waals surface area contributed by atoms with Crippen molar-refractivity contribution in [1.82, 2.24) is 4.90 Å². The van der Waals surface area contributed by atoms with Gasteiger partial charge in [0.15, 0.2) is 0 Å². The van der Waals surface area contributed by atoms with Crippen molar-refractivity contribution in [2.45, 2.75) is 37.6 Å². The van der Waals surface area contributed by atoms with Gasteiger partial charge in [-0.15, -0.1) is 0 Å². The third-order valence-corrected chi connectivity index (χ3v) is 4.30. The highest BCUT2D eigenvalue weighted by Gasteiger charge is 2.61. The van der Waals surface area contributed by atoms with Gasteiger partial charge in [0.1, 0.15) is 5.54 Å². The molecular formula is C11H16N2. The number of likely N-dealkylation sites (tertiary alicyclic amines) is 1. The predicted molar refractivity (Wildman–Crippen MR) is 50.0 cm³/mol. The summed E-state index contributed by atoms with van der Waals surface area (Å²) in [6, 6.07) is 2.64. The molecule has 13 heavy (non-hydrogen) atoms. The van der Waals surface area contributed by atoms with Crippen LogP contribution in [-0.4, -0.2) is 23.5 Å². The fourth-order valence-corrected chi connectivity index (χ4v) is 3.46. The van der Waals surface area contributed by atoms with Crippen molar-refractivity contribution >= 4 is 0 Å². The van der Waals surface area contributed by atoms with E-state index in [0.717, 1.165) is 18.3 Å². The van der Waals surface area contributed by atoms with E-state index in [4.69, 9.17) is 0 Å². The van der Waals surface area contributed by atoms with Crippen LogP contribution in [0.5, 0.6) is 0 Å². The summed E-state index contributed by atoms with van der Waals surface area (Å²) >= 11 is 0. The van der Waals surface area contributed by atoms with Crippen molar-refractivity contribution in [3.63, 3.8) is 0 Å². The van der Waals surface area contributed by atoms with Crippen LogP contribution in [0.1, 0.15) is 32.1 Å². The van der Waals surface area contributed by atoms with Crippen LogP contribution in [0.4, 0.5) is 0 Å². The van der Waals surface area contributed by atoms with Crippen LogP contribution in [0.15, 0.2) is 0 Å². The zero-order chi connectivity index (χ0) is 8.89. The Hall–Kier alpha value is -0.550. The molecule has 1 saturated heterocycles. The quantitative estimate of drug-likeness (QED) is 0.609. The SMILES string of the molecule is N#CC1(N2CCCC2)CCC2CC21. The molecule has 0 spiro atoms. The molecule has 1 aliphatic heterocycles. The van der Waals surface area contributed by atoms with Crippen molar-refractivity contribution in [1.29, 1.82) is 5.26 Å². The molecule has 70 valence electrons. The Morgan fingerprint density at radius 1 is 1.31 bits per heavy atom. The van der Waals surface area contributed by atoms with Crippen LogP contribution in [0.3, 0.4) is 0 Å². The molecule has 1 heterocycles. The van der Waals surface area contributed by atoms with Crippen LogP contribution in [0.25, 0.3) is 0 Å². The number of hydrogen-bond acceptors (Lipinski definition) is 2. The van der Waals surface area contributed by atoms with E-state index in [2.05, 4.69) is 11.0 Å². The topological polar surface area (TPSA) is 27.0 Å². The molecule has 0 amide bonds. The van der Waals surface area contributed by atoms with E-state index in [0.29, 0.717) is 0 Å². The highest BCUT2D eigenvalue weighted by atomic mass is 15.2. The van der Waals surface area contributed by atoms with Crippen molar-refractivity contribution in [3.05, 3.63) is 0 Å². The van der Waals surface area contributed by atoms with Crippen molar-refractivity contribution in [3.8, 4) is 6.07 Å². The minimum atomic E-state index is -0.0127. The highest BCUT2D eigenvalue weighted by molar-refractivity contribution is 5.23. The van der Waals surface area contributed by atoms with Gasteiger partial charge in [0, 0.05) is 0 Å². The molecule has 2 aliphatic carbocycles. The lowest BCUT2D eigenvalue weighted by molar-refractivity contribution is 0.155. The largest absolute Gasteiger partial charge is 0.285 e. The summed E-state index contributed by atoms with van der Waals surface area (Å²) in [5, 5.41) is 9.38. The smallest absolute Gasteiger partial charge is 0.112 e. The molecule has 3 atom stereocenters. The molecule has 0 N–H and O–H groups in total. The lowest BCUT2D eigenvalue weighted by Gasteiger charge is -2.33. The fourth-order valence-electron chi connectivity index (χ4n) is 3.46. The maximum absolute atomic E-state index is 9.38. The summed E-state index contributed by atoms with van der Waals surface area (Å²) in [6.45, 7) is 2.35. The van der Waals surface area contributed by atoms with Gasteiger partial charge in [0.05, 0.1) is 6.07 Å². The highest BCUT2D eigenvalue weighted by Crippen LogP contribution is 2.59. The third-order valence-electron chi connectivity index (χ3n) is 4.30. The van der Waals surface area contributed by atoms with E-state index in [-0.39, 0.29) is 5.54 Å². The molecule has 2 nitrogen and oxygen atoms in total. The molecule has 0 aromatic heterocycles. The number of nitriles is 1. The average molecular weight is 176 g/mol. The lowest BCUT2D eigenvalue weighted by Crippen LogP contribution is -2.46. The number of nitrogens with zero attached hydrogens (tertiary/aromatic N) is 2. The van der Waals surface area contributed by atoms with Gasteiger partial charge in [-0.05, 0) is 57.0 Å². The second-order valence-electron chi connectivity index (χ2n) is 4.87. The van der Waals surface area contributed by atoms with Gasteiger partial charge < -0.3 is 0 Å². The van der Waals surface area contributed by atoms with Gasteiger partial charge in [-0.3, -0.25) is 4.90 Å². The second-order valence-corrected chi connectivity index (χ2v) is 4.87. The Balaban J connectivity index is 1.87. The summed E-state index contributed by atoms with van der Waals surface area (Å²) < 4.78 is 0. The third kappa shape index (κ3) is 0.914. The molecular weight excluding hydrogens is 160 g/mol. The second kappa shape index (κ2) is 2.48. The Morgan fingerprint density at radius 2 is 2.08 bits per heavy atom. The molecule has 0 aromatic carbocycles. The van der Waals surface area contributed by atoms with Crippen molar-refractivity contribution in [2.75, 3.05) is 13.1 Å². The van der Waals surface area contributed by atoms with E-state index in [9.17, 15) is 5.26 Å². The van der Waals surface area contributed by atoms with Gasteiger partial charge in [0.25, 0.3) is 0 Å². The standard InChI is InChI=1S/C11H16N2/c12-8-11(13-5-1-2-6-13)4-3-9-7-10(9)11/h9-10H,1-7H2. The van der Waals surface area contributed by atoms with E-state index in [1.54, 1.807) is 0 Å². The van der Waals surface area contributed by atoms with Gasteiger partial charge in [0.2, 0.25) is 0 Å². The summed E-state index contributed by atoms with van der Waals surface area (Å²) in [7, 11) is 0. The van der Waals surface area contributed by atoms with E-state index >= 15 is 0 Å². The predicted octanol–water partition coefficient (Wildman–Crippen LogP) is 1.77. The first kappa shape index (κ1) is 7.82. The van der Waals surface area contributed by atoms with Crippen LogP contribution in [-0.2, 0) is 0 Å². The molecule has 0 aromatic rings. The monoisotopic (exact) mass is 176 g/mol. The van der Waals surface area contributed by atoms with Crippen LogP contribution >= 0.6 is 0 Å². The van der Waals surface area contributed by atoms with Gasteiger partial charge in [-0.2, -0.15) is 5.26 Å². The molecule has 3 rings (SSSR count). The minimum Gasteiger partial charge on any atom is -0.285 e. The Bertz CT molecular complexity index is 262. The van der Waals surface area contributed by atoms with Gasteiger partial charge >= 0.3 is 0 Å². The van der Waals surface area contributed by atoms with Crippen LogP contribution < -0.4 is 0 Å². The molecule has 3 aliphatic rings. The number of fused-ring (bicyclic) bond motifs is 1. The maximum atomic E-state index is 9.38. The normalized spacial score (nSPS) is 48.8. The van der Waals surface area contributed by atoms with E-state index in [1.807, 2.05) is 0 Å². The van der Waals surface area contributed by atoms with Crippen molar-refractivity contribution < 1.29 is 0 Å². The van der Waals surface area contributed by atoms with E-state index in [1.165, 1.54) is 38.8 Å². The van der Waals surface area contributed by atoms with E-state index < -0.39 is 0 Å². The molecule has 3 unspecified atom stereocenters. The molecule has 3 fully saturated rings. The summed E-state index contributed by atoms with van der Waals surface area (Å²) in [5.74, 6) is 1.66. The fraction of sp³-hybridized carbons (Fsp3) is 0.909. The zero-order valence-corrected chi connectivity index (χ0v) is 8.00. The zero-order valence-electron chi connectivity index (χ0n) is 8.00. The number of rotatable bonds is 1. The number of hydrogen-bond donors (Lipinski definition) is 0. The van der Waals surface area contributed by atoms with Crippen LogP contribution in [0, 0.1) is 23.2 Å². The lowest BCUT2D eigenvalue weighted by atomic mass is 9.93. The molecule has 0 radical (unpaired) electrons. The average Bonchev–Trinajstić information content (AvgIpc) is 2.67.